The molecule has 1 unspecified atom stereocenters. The van der Waals surface area contributed by atoms with Crippen LogP contribution in [0, 0.1) is 12.8 Å². The summed E-state index contributed by atoms with van der Waals surface area (Å²) in [6.07, 6.45) is 0.590. The number of nitrogens with two attached hydrogens (primary N) is 1. The number of esters is 1. The summed E-state index contributed by atoms with van der Waals surface area (Å²) in [6.45, 7) is 6.02. The number of hydrogen-bond donors (Lipinski definition) is 1. The molecule has 0 aliphatic rings. The van der Waals surface area contributed by atoms with E-state index in [0.717, 1.165) is 0 Å². The zero-order chi connectivity index (χ0) is 17.8. The third-order valence-corrected chi connectivity index (χ3v) is 5.93. The maximum absolute atomic E-state index is 12.7. The largest absolute Gasteiger partial charge is 0.465 e. The van der Waals surface area contributed by atoms with Crippen LogP contribution in [0.2, 0.25) is 0 Å². The molecule has 1 aromatic rings. The minimum absolute atomic E-state index is 0. The van der Waals surface area contributed by atoms with Gasteiger partial charge in [0.2, 0.25) is 10.0 Å². The standard InChI is InChI=1S/C16H26N2O4S.ClH/c1-11(2)14(17)8-9-18(4)23(20,21)15-7-6-13(10-12(15)3)16(19)22-5;/h6-7,10-11,14H,8-9,17H2,1-5H3;1H. The van der Waals surface area contributed by atoms with Crippen molar-refractivity contribution in [3.63, 3.8) is 0 Å². The van der Waals surface area contributed by atoms with E-state index in [-0.39, 0.29) is 23.3 Å². The predicted octanol–water partition coefficient (Wildman–Crippen LogP) is 2.20. The Bertz CT molecular complexity index is 662. The van der Waals surface area contributed by atoms with E-state index >= 15 is 0 Å². The second kappa shape index (κ2) is 9.36. The van der Waals surface area contributed by atoms with E-state index in [4.69, 9.17) is 5.73 Å². The highest BCUT2D eigenvalue weighted by Crippen LogP contribution is 2.21. The number of nitrogens with zero attached hydrogens (tertiary/aromatic N) is 1. The van der Waals surface area contributed by atoms with E-state index in [2.05, 4.69) is 4.74 Å². The Morgan fingerprint density at radius 2 is 1.92 bits per heavy atom. The SMILES string of the molecule is COC(=O)c1ccc(S(=O)(=O)N(C)CCC(N)C(C)C)c(C)c1.Cl. The lowest BCUT2D eigenvalue weighted by Crippen LogP contribution is -2.34. The van der Waals surface area contributed by atoms with Gasteiger partial charge in [-0.25, -0.2) is 17.5 Å². The number of hydrogen-bond acceptors (Lipinski definition) is 5. The molecule has 6 nitrogen and oxygen atoms in total. The number of carbonyl (C=O) groups is 1. The van der Waals surface area contributed by atoms with Crippen LogP contribution in [0.3, 0.4) is 0 Å². The number of sulfonamides is 1. The number of benzene rings is 1. The molecule has 0 radical (unpaired) electrons. The van der Waals surface area contributed by atoms with Gasteiger partial charge in [0.05, 0.1) is 17.6 Å². The van der Waals surface area contributed by atoms with Gasteiger partial charge in [-0.1, -0.05) is 13.8 Å². The van der Waals surface area contributed by atoms with E-state index < -0.39 is 16.0 Å². The molecular formula is C16H27ClN2O4S. The number of halogens is 1. The van der Waals surface area contributed by atoms with Crippen LogP contribution in [0.25, 0.3) is 0 Å². The van der Waals surface area contributed by atoms with Crippen LogP contribution in [-0.2, 0) is 14.8 Å². The summed E-state index contributed by atoms with van der Waals surface area (Å²) in [4.78, 5) is 11.7. The summed E-state index contributed by atoms with van der Waals surface area (Å²) in [5.74, 6) is -0.194. The number of carbonyl (C=O) groups excluding carboxylic acids is 1. The fraction of sp³-hybridized carbons (Fsp3) is 0.562. The van der Waals surface area contributed by atoms with Gasteiger partial charge < -0.3 is 10.5 Å². The highest BCUT2D eigenvalue weighted by atomic mass is 35.5. The zero-order valence-electron chi connectivity index (χ0n) is 14.8. The average molecular weight is 379 g/mol. The molecule has 0 aliphatic heterocycles. The first kappa shape index (κ1) is 22.9. The second-order valence-electron chi connectivity index (χ2n) is 5.99. The smallest absolute Gasteiger partial charge is 0.337 e. The van der Waals surface area contributed by atoms with Gasteiger partial charge in [-0.2, -0.15) is 0 Å². The second-order valence-corrected chi connectivity index (χ2v) is 8.01. The molecular weight excluding hydrogens is 352 g/mol. The van der Waals surface area contributed by atoms with Crippen molar-refractivity contribution in [1.82, 2.24) is 4.31 Å². The van der Waals surface area contributed by atoms with Gasteiger partial charge in [-0.15, -0.1) is 12.4 Å². The molecule has 0 aromatic heterocycles. The molecule has 0 fully saturated rings. The van der Waals surface area contributed by atoms with Gasteiger partial charge in [0.15, 0.2) is 0 Å². The molecule has 1 aromatic carbocycles. The van der Waals surface area contributed by atoms with Crippen molar-refractivity contribution in [3.8, 4) is 0 Å². The summed E-state index contributed by atoms with van der Waals surface area (Å²) in [7, 11) is -0.791. The first-order chi connectivity index (χ1) is 10.6. The van der Waals surface area contributed by atoms with E-state index in [1.165, 1.54) is 36.7 Å². The van der Waals surface area contributed by atoms with Gasteiger partial charge in [0, 0.05) is 19.6 Å². The summed E-state index contributed by atoms with van der Waals surface area (Å²) in [6, 6.07) is 4.37. The van der Waals surface area contributed by atoms with Crippen LogP contribution in [0.15, 0.2) is 23.1 Å². The molecule has 24 heavy (non-hydrogen) atoms. The van der Waals surface area contributed by atoms with Gasteiger partial charge in [0.25, 0.3) is 0 Å². The Hall–Kier alpha value is -1.15. The lowest BCUT2D eigenvalue weighted by atomic mass is 10.0. The maximum atomic E-state index is 12.7. The molecule has 8 heteroatoms. The van der Waals surface area contributed by atoms with E-state index in [1.807, 2.05) is 13.8 Å². The Kier molecular flexibility index (Phi) is 8.91. The van der Waals surface area contributed by atoms with E-state index in [9.17, 15) is 13.2 Å². The van der Waals surface area contributed by atoms with Crippen LogP contribution in [-0.4, -0.2) is 45.4 Å². The van der Waals surface area contributed by atoms with Crippen LogP contribution >= 0.6 is 12.4 Å². The van der Waals surface area contributed by atoms with Crippen molar-refractivity contribution < 1.29 is 17.9 Å². The Morgan fingerprint density at radius 1 is 1.33 bits per heavy atom. The predicted molar refractivity (Wildman–Crippen MR) is 97.0 cm³/mol. The Balaban J connectivity index is 0.00000529. The molecule has 138 valence electrons. The molecule has 0 amide bonds. The lowest BCUT2D eigenvalue weighted by molar-refractivity contribution is 0.0600. The molecule has 0 bridgehead atoms. The molecule has 0 heterocycles. The summed E-state index contributed by atoms with van der Waals surface area (Å²) < 4.78 is 31.2. The highest BCUT2D eigenvalue weighted by molar-refractivity contribution is 7.89. The van der Waals surface area contributed by atoms with Crippen LogP contribution in [0.1, 0.15) is 36.2 Å². The first-order valence-corrected chi connectivity index (χ1v) is 8.96. The third-order valence-electron chi connectivity index (χ3n) is 3.92. The van der Waals surface area contributed by atoms with Crippen LogP contribution in [0.4, 0.5) is 0 Å². The molecule has 0 spiro atoms. The minimum Gasteiger partial charge on any atom is -0.465 e. The van der Waals surface area contributed by atoms with Gasteiger partial charge in [-0.05, 0) is 43.0 Å². The monoisotopic (exact) mass is 378 g/mol. The molecule has 0 saturated carbocycles. The van der Waals surface area contributed by atoms with Gasteiger partial charge in [-0.3, -0.25) is 0 Å². The molecule has 0 aliphatic carbocycles. The summed E-state index contributed by atoms with van der Waals surface area (Å²) >= 11 is 0. The van der Waals surface area contributed by atoms with Gasteiger partial charge in [0.1, 0.15) is 0 Å². The summed E-state index contributed by atoms with van der Waals surface area (Å²) in [5.41, 5.74) is 6.81. The van der Waals surface area contributed by atoms with Crippen molar-refractivity contribution in [3.05, 3.63) is 29.3 Å². The Morgan fingerprint density at radius 3 is 2.38 bits per heavy atom. The number of ether oxygens (including phenoxy) is 1. The average Bonchev–Trinajstić information content (AvgIpc) is 2.50. The van der Waals surface area contributed by atoms with E-state index in [1.54, 1.807) is 6.92 Å². The number of aryl methyl sites for hydroxylation is 1. The van der Waals surface area contributed by atoms with Crippen LogP contribution < -0.4 is 5.73 Å². The van der Waals surface area contributed by atoms with Gasteiger partial charge >= 0.3 is 5.97 Å². The van der Waals surface area contributed by atoms with Crippen molar-refractivity contribution in [2.75, 3.05) is 20.7 Å². The van der Waals surface area contributed by atoms with Crippen molar-refractivity contribution in [2.45, 2.75) is 38.1 Å². The third kappa shape index (κ3) is 5.44. The zero-order valence-corrected chi connectivity index (χ0v) is 16.4. The van der Waals surface area contributed by atoms with Crippen molar-refractivity contribution >= 4 is 28.4 Å². The quantitative estimate of drug-likeness (QED) is 0.734. The fourth-order valence-electron chi connectivity index (χ4n) is 2.14. The van der Waals surface area contributed by atoms with E-state index in [0.29, 0.717) is 30.0 Å². The topological polar surface area (TPSA) is 89.7 Å². The van der Waals surface area contributed by atoms with Crippen molar-refractivity contribution in [1.29, 1.82) is 0 Å². The molecule has 1 rings (SSSR count). The lowest BCUT2D eigenvalue weighted by Gasteiger charge is -2.22. The minimum atomic E-state index is -3.61. The maximum Gasteiger partial charge on any atom is 0.337 e. The molecule has 2 N–H and O–H groups in total. The normalized spacial score (nSPS) is 12.8. The molecule has 0 saturated heterocycles. The van der Waals surface area contributed by atoms with Crippen molar-refractivity contribution in [2.24, 2.45) is 11.7 Å². The molecule has 1 atom stereocenters. The highest BCUT2D eigenvalue weighted by Gasteiger charge is 2.24. The number of rotatable bonds is 7. The fourth-order valence-corrected chi connectivity index (χ4v) is 3.52. The Labute approximate surface area is 150 Å². The number of methoxy groups -OCH3 is 1. The summed E-state index contributed by atoms with van der Waals surface area (Å²) in [5, 5.41) is 0. The van der Waals surface area contributed by atoms with Crippen LogP contribution in [0.5, 0.6) is 0 Å². The first-order valence-electron chi connectivity index (χ1n) is 7.52.